The molecule has 0 bridgehead atoms. The number of nitrogens with two attached hydrogens (primary N) is 1. The van der Waals surface area contributed by atoms with Crippen LogP contribution < -0.4 is 5.73 Å². The predicted molar refractivity (Wildman–Crippen MR) is 44.6 cm³/mol. The van der Waals surface area contributed by atoms with Crippen molar-refractivity contribution in [1.29, 1.82) is 0 Å². The summed E-state index contributed by atoms with van der Waals surface area (Å²) in [4.78, 5) is 0. The van der Waals surface area contributed by atoms with Crippen LogP contribution in [0, 0.1) is 5.92 Å². The highest BCUT2D eigenvalue weighted by molar-refractivity contribution is 5.09. The Hall–Kier alpha value is -0.220. The van der Waals surface area contributed by atoms with E-state index in [-0.39, 0.29) is 24.9 Å². The third-order valence-electron chi connectivity index (χ3n) is 3.29. The zero-order chi connectivity index (χ0) is 9.69. The summed E-state index contributed by atoms with van der Waals surface area (Å²) >= 11 is 0. The molecule has 2 fully saturated rings. The van der Waals surface area contributed by atoms with Gasteiger partial charge in [-0.25, -0.2) is 8.78 Å². The van der Waals surface area contributed by atoms with E-state index in [0.717, 1.165) is 6.42 Å². The Morgan fingerprint density at radius 3 is 2.38 bits per heavy atom. The van der Waals surface area contributed by atoms with E-state index in [1.807, 2.05) is 6.92 Å². The minimum Gasteiger partial charge on any atom is -0.378 e. The number of hydrogen-bond donors (Lipinski definition) is 1. The fourth-order valence-corrected chi connectivity index (χ4v) is 2.66. The van der Waals surface area contributed by atoms with Gasteiger partial charge in [0, 0.05) is 30.9 Å². The number of halogens is 2. The summed E-state index contributed by atoms with van der Waals surface area (Å²) in [5, 5.41) is 0. The first-order valence-electron chi connectivity index (χ1n) is 4.71. The molecule has 13 heavy (non-hydrogen) atoms. The summed E-state index contributed by atoms with van der Waals surface area (Å²) in [6.07, 6.45) is 0.533. The minimum atomic E-state index is -2.53. The van der Waals surface area contributed by atoms with E-state index in [1.54, 1.807) is 0 Å². The average Bonchev–Trinajstić information content (AvgIpc) is 2.30. The highest BCUT2D eigenvalue weighted by Crippen LogP contribution is 2.50. The molecule has 2 nitrogen and oxygen atoms in total. The van der Waals surface area contributed by atoms with Crippen LogP contribution in [-0.4, -0.2) is 24.2 Å². The highest BCUT2D eigenvalue weighted by atomic mass is 19.3. The van der Waals surface area contributed by atoms with Gasteiger partial charge in [-0.3, -0.25) is 0 Å². The third kappa shape index (κ3) is 1.46. The molecule has 2 unspecified atom stereocenters. The van der Waals surface area contributed by atoms with Crippen LogP contribution in [0.1, 0.15) is 26.2 Å². The van der Waals surface area contributed by atoms with Crippen molar-refractivity contribution >= 4 is 0 Å². The van der Waals surface area contributed by atoms with Crippen LogP contribution >= 0.6 is 0 Å². The van der Waals surface area contributed by atoms with E-state index in [1.165, 1.54) is 0 Å². The van der Waals surface area contributed by atoms with Crippen molar-refractivity contribution in [3.8, 4) is 0 Å². The van der Waals surface area contributed by atoms with Crippen molar-refractivity contribution in [3.05, 3.63) is 0 Å². The Labute approximate surface area is 76.4 Å². The molecular weight excluding hydrogens is 176 g/mol. The van der Waals surface area contributed by atoms with E-state index < -0.39 is 11.5 Å². The fourth-order valence-electron chi connectivity index (χ4n) is 2.66. The second kappa shape index (κ2) is 2.64. The maximum Gasteiger partial charge on any atom is 0.251 e. The molecule has 0 aromatic carbocycles. The van der Waals surface area contributed by atoms with E-state index in [9.17, 15) is 8.78 Å². The van der Waals surface area contributed by atoms with Gasteiger partial charge in [0.05, 0.1) is 6.10 Å². The van der Waals surface area contributed by atoms with E-state index >= 15 is 0 Å². The van der Waals surface area contributed by atoms with Gasteiger partial charge in [-0.1, -0.05) is 0 Å². The Balaban J connectivity index is 2.02. The normalized spacial score (nSPS) is 41.5. The van der Waals surface area contributed by atoms with Crippen molar-refractivity contribution in [2.75, 3.05) is 6.61 Å². The number of rotatable bonds is 1. The van der Waals surface area contributed by atoms with Gasteiger partial charge in [0.15, 0.2) is 0 Å². The Bertz CT molecular complexity index is 212. The molecule has 1 heterocycles. The molecule has 4 heteroatoms. The molecule has 1 saturated heterocycles. The molecule has 0 radical (unpaired) electrons. The molecule has 1 aliphatic carbocycles. The third-order valence-corrected chi connectivity index (χ3v) is 3.29. The first-order chi connectivity index (χ1) is 5.93. The lowest BCUT2D eigenvalue weighted by Crippen LogP contribution is -2.63. The smallest absolute Gasteiger partial charge is 0.251 e. The number of alkyl halides is 2. The van der Waals surface area contributed by atoms with Crippen molar-refractivity contribution in [2.45, 2.75) is 43.8 Å². The van der Waals surface area contributed by atoms with Crippen molar-refractivity contribution in [3.63, 3.8) is 0 Å². The molecule has 1 aliphatic heterocycles. The first-order valence-corrected chi connectivity index (χ1v) is 4.71. The van der Waals surface area contributed by atoms with Gasteiger partial charge in [0.2, 0.25) is 0 Å². The highest BCUT2D eigenvalue weighted by Gasteiger charge is 2.59. The van der Waals surface area contributed by atoms with Crippen LogP contribution in [0.4, 0.5) is 8.78 Å². The summed E-state index contributed by atoms with van der Waals surface area (Å²) < 4.78 is 30.7. The van der Waals surface area contributed by atoms with Crippen LogP contribution in [0.5, 0.6) is 0 Å². The lowest BCUT2D eigenvalue weighted by atomic mass is 9.64. The maximum absolute atomic E-state index is 12.7. The monoisotopic (exact) mass is 191 g/mol. The zero-order valence-corrected chi connectivity index (χ0v) is 7.72. The van der Waals surface area contributed by atoms with Gasteiger partial charge in [-0.15, -0.1) is 0 Å². The summed E-state index contributed by atoms with van der Waals surface area (Å²) in [6.45, 7) is 2.58. The number of ether oxygens (including phenoxy) is 1. The summed E-state index contributed by atoms with van der Waals surface area (Å²) in [5.74, 6) is -2.41. The van der Waals surface area contributed by atoms with Gasteiger partial charge in [0.1, 0.15) is 0 Å². The van der Waals surface area contributed by atoms with E-state index in [2.05, 4.69) is 0 Å². The van der Waals surface area contributed by atoms with Gasteiger partial charge < -0.3 is 10.5 Å². The van der Waals surface area contributed by atoms with E-state index in [4.69, 9.17) is 10.5 Å². The van der Waals surface area contributed by atoms with Crippen molar-refractivity contribution in [1.82, 2.24) is 0 Å². The first kappa shape index (κ1) is 9.34. The second-order valence-electron chi connectivity index (χ2n) is 4.41. The van der Waals surface area contributed by atoms with Crippen LogP contribution in [0.3, 0.4) is 0 Å². The molecule has 2 atom stereocenters. The fraction of sp³-hybridized carbons (Fsp3) is 1.00. The molecule has 1 saturated carbocycles. The minimum absolute atomic E-state index is 0.0427. The molecule has 0 aromatic rings. The Kier molecular flexibility index (Phi) is 1.90. The molecule has 0 aromatic heterocycles. The SMILES string of the molecule is CC1OCCC1C1(N)CC(F)(F)C1. The van der Waals surface area contributed by atoms with Crippen molar-refractivity contribution < 1.29 is 13.5 Å². The van der Waals surface area contributed by atoms with Crippen LogP contribution in [0.15, 0.2) is 0 Å². The zero-order valence-electron chi connectivity index (χ0n) is 7.72. The summed E-state index contributed by atoms with van der Waals surface area (Å²) in [5.41, 5.74) is 5.25. The lowest BCUT2D eigenvalue weighted by Gasteiger charge is -2.49. The van der Waals surface area contributed by atoms with Crippen LogP contribution in [-0.2, 0) is 4.74 Å². The molecule has 2 N–H and O–H groups in total. The van der Waals surface area contributed by atoms with Gasteiger partial charge in [0.25, 0.3) is 5.92 Å². The molecule has 2 aliphatic rings. The van der Waals surface area contributed by atoms with Gasteiger partial charge >= 0.3 is 0 Å². The predicted octanol–water partition coefficient (Wildman–Crippen LogP) is 1.54. The molecule has 76 valence electrons. The molecular formula is C9H15F2NO. The van der Waals surface area contributed by atoms with Crippen LogP contribution in [0.25, 0.3) is 0 Å². The lowest BCUT2D eigenvalue weighted by molar-refractivity contribution is -0.144. The summed E-state index contributed by atoms with van der Waals surface area (Å²) in [6, 6.07) is 0. The molecule has 2 rings (SSSR count). The Morgan fingerprint density at radius 1 is 1.38 bits per heavy atom. The molecule has 0 spiro atoms. The maximum atomic E-state index is 12.7. The summed E-state index contributed by atoms with van der Waals surface area (Å²) in [7, 11) is 0. The standard InChI is InChI=1S/C9H15F2NO/c1-6-7(2-3-13-6)8(12)4-9(10,11)5-8/h6-7H,2-5,12H2,1H3. The quantitative estimate of drug-likeness (QED) is 0.682. The molecule has 0 amide bonds. The van der Waals surface area contributed by atoms with Gasteiger partial charge in [-0.05, 0) is 13.3 Å². The van der Waals surface area contributed by atoms with Crippen molar-refractivity contribution in [2.24, 2.45) is 11.7 Å². The largest absolute Gasteiger partial charge is 0.378 e. The Morgan fingerprint density at radius 2 is 2.00 bits per heavy atom. The van der Waals surface area contributed by atoms with Crippen LogP contribution in [0.2, 0.25) is 0 Å². The second-order valence-corrected chi connectivity index (χ2v) is 4.41. The number of hydrogen-bond acceptors (Lipinski definition) is 2. The van der Waals surface area contributed by atoms with Gasteiger partial charge in [-0.2, -0.15) is 0 Å². The average molecular weight is 191 g/mol. The van der Waals surface area contributed by atoms with E-state index in [0.29, 0.717) is 6.61 Å². The topological polar surface area (TPSA) is 35.2 Å².